The maximum atomic E-state index is 12.7. The van der Waals surface area contributed by atoms with Gasteiger partial charge in [-0.3, -0.25) is 0 Å². The van der Waals surface area contributed by atoms with Crippen LogP contribution in [0.5, 0.6) is 0 Å². The Labute approximate surface area is 158 Å². The third-order valence-corrected chi connectivity index (χ3v) is 7.81. The number of hydrogen-bond donors (Lipinski definition) is 1. The van der Waals surface area contributed by atoms with Crippen LogP contribution < -0.4 is 0 Å². The van der Waals surface area contributed by atoms with Crippen LogP contribution in [0.4, 0.5) is 0 Å². The van der Waals surface area contributed by atoms with Gasteiger partial charge in [0.25, 0.3) is 0 Å². The third kappa shape index (κ3) is 2.19. The van der Waals surface area contributed by atoms with Crippen LogP contribution in [0.25, 0.3) is 0 Å². The summed E-state index contributed by atoms with van der Waals surface area (Å²) in [6, 6.07) is 0. The zero-order valence-electron chi connectivity index (χ0n) is 15.9. The van der Waals surface area contributed by atoms with Gasteiger partial charge in [0.05, 0.1) is 30.3 Å². The summed E-state index contributed by atoms with van der Waals surface area (Å²) < 4.78 is 22.9. The summed E-state index contributed by atoms with van der Waals surface area (Å²) in [6.07, 6.45) is -0.00228. The minimum Gasteiger partial charge on any atom is -0.460 e. The molecule has 5 aliphatic rings. The fraction of sp³-hybridized carbons (Fsp3) is 0.800. The first-order valence-corrected chi connectivity index (χ1v) is 9.73. The first-order chi connectivity index (χ1) is 12.6. The lowest BCUT2D eigenvalue weighted by Crippen LogP contribution is -2.63. The highest BCUT2D eigenvalue weighted by Crippen LogP contribution is 2.64. The van der Waals surface area contributed by atoms with Crippen molar-refractivity contribution in [2.75, 3.05) is 6.61 Å². The molecule has 1 N–H and O–H groups in total. The molecule has 0 unspecified atom stereocenters. The van der Waals surface area contributed by atoms with Gasteiger partial charge in [-0.05, 0) is 33.1 Å². The van der Waals surface area contributed by atoms with Gasteiger partial charge in [-0.25, -0.2) is 9.59 Å². The molecule has 148 valence electrons. The molecule has 0 aromatic heterocycles. The van der Waals surface area contributed by atoms with Crippen molar-refractivity contribution < 1.29 is 33.6 Å². The van der Waals surface area contributed by atoms with Gasteiger partial charge in [0, 0.05) is 16.9 Å². The van der Waals surface area contributed by atoms with E-state index in [9.17, 15) is 14.7 Å². The number of rotatable bonds is 2. The maximum absolute atomic E-state index is 12.7. The van der Waals surface area contributed by atoms with Crippen LogP contribution in [0.3, 0.4) is 0 Å². The fourth-order valence-corrected chi connectivity index (χ4v) is 5.91. The highest BCUT2D eigenvalue weighted by Gasteiger charge is 2.72. The maximum Gasteiger partial charge on any atom is 0.341 e. The largest absolute Gasteiger partial charge is 0.460 e. The second-order valence-electron chi connectivity index (χ2n) is 9.33. The van der Waals surface area contributed by atoms with Crippen molar-refractivity contribution in [2.45, 2.75) is 75.7 Å². The predicted molar refractivity (Wildman–Crippen MR) is 91.5 cm³/mol. The summed E-state index contributed by atoms with van der Waals surface area (Å²) in [7, 11) is 0. The molecule has 5 rings (SSSR count). The fourth-order valence-electron chi connectivity index (χ4n) is 5.91. The van der Waals surface area contributed by atoms with E-state index in [0.717, 1.165) is 6.42 Å². The van der Waals surface area contributed by atoms with Crippen molar-refractivity contribution in [3.63, 3.8) is 0 Å². The van der Waals surface area contributed by atoms with Crippen molar-refractivity contribution in [2.24, 2.45) is 17.3 Å². The van der Waals surface area contributed by atoms with E-state index < -0.39 is 35.1 Å². The standard InChI is InChI=1S/C20H26O7/c1-9-13-11(21)7-18(3)12(25-17(23)19(4)10(2)27-19)5-6-20(8-24-20)15(18)14(13)26-16(9)22/h10-15,21H,1,5-8H2,2-4H3/t10-,11-,12-,13+,14-,15+,18-,19-,20+/m0/s1. The zero-order chi connectivity index (χ0) is 19.4. The van der Waals surface area contributed by atoms with Crippen LogP contribution in [-0.2, 0) is 28.5 Å². The summed E-state index contributed by atoms with van der Waals surface area (Å²) in [5.74, 6) is -1.37. The van der Waals surface area contributed by atoms with E-state index in [-0.39, 0.29) is 29.7 Å². The van der Waals surface area contributed by atoms with Crippen LogP contribution in [0.15, 0.2) is 12.2 Å². The molecule has 1 spiro atoms. The van der Waals surface area contributed by atoms with Gasteiger partial charge >= 0.3 is 11.9 Å². The van der Waals surface area contributed by atoms with Crippen LogP contribution >= 0.6 is 0 Å². The lowest BCUT2D eigenvalue weighted by atomic mass is 9.51. The Morgan fingerprint density at radius 1 is 1.37 bits per heavy atom. The summed E-state index contributed by atoms with van der Waals surface area (Å²) in [4.78, 5) is 24.8. The molecule has 9 atom stereocenters. The van der Waals surface area contributed by atoms with E-state index >= 15 is 0 Å². The molecule has 2 aliphatic carbocycles. The molecule has 3 aliphatic heterocycles. The van der Waals surface area contributed by atoms with Gasteiger partial charge < -0.3 is 24.1 Å². The Bertz CT molecular complexity index is 743. The number of carbonyl (C=O) groups is 2. The molecule has 27 heavy (non-hydrogen) atoms. The highest BCUT2D eigenvalue weighted by atomic mass is 16.7. The topological polar surface area (TPSA) is 97.9 Å². The molecule has 3 saturated heterocycles. The minimum atomic E-state index is -0.888. The summed E-state index contributed by atoms with van der Waals surface area (Å²) in [5.41, 5.74) is -1.47. The minimum absolute atomic E-state index is 0.140. The lowest BCUT2D eigenvalue weighted by molar-refractivity contribution is -0.207. The monoisotopic (exact) mass is 378 g/mol. The number of ether oxygens (including phenoxy) is 4. The molecule has 7 heteroatoms. The molecule has 2 saturated carbocycles. The van der Waals surface area contributed by atoms with Gasteiger partial charge in [0.2, 0.25) is 0 Å². The zero-order valence-corrected chi connectivity index (χ0v) is 15.9. The molecular weight excluding hydrogens is 352 g/mol. The van der Waals surface area contributed by atoms with Gasteiger partial charge in [0.1, 0.15) is 12.2 Å². The van der Waals surface area contributed by atoms with Gasteiger partial charge in [-0.15, -0.1) is 0 Å². The number of carbonyl (C=O) groups excluding carboxylic acids is 2. The molecule has 3 heterocycles. The number of aliphatic hydroxyl groups is 1. The Hall–Kier alpha value is -1.44. The number of fused-ring (bicyclic) bond motifs is 4. The van der Waals surface area contributed by atoms with Crippen molar-refractivity contribution in [3.8, 4) is 0 Å². The van der Waals surface area contributed by atoms with Crippen LogP contribution in [0.1, 0.15) is 40.0 Å². The summed E-state index contributed by atoms with van der Waals surface area (Å²) in [6.45, 7) is 10.0. The SMILES string of the molecule is C=C1C(=O)O[C@H]2[C@H]1[C@@H](O)C[C@@]1(C)[C@@H](OC(=O)[C@@]3(C)O[C@H]3C)CC[C@@]3(CO3)[C@H]21. The molecule has 7 nitrogen and oxygen atoms in total. The van der Waals surface area contributed by atoms with Crippen molar-refractivity contribution in [1.29, 1.82) is 0 Å². The van der Waals surface area contributed by atoms with E-state index in [4.69, 9.17) is 18.9 Å². The number of esters is 2. The average molecular weight is 378 g/mol. The van der Waals surface area contributed by atoms with E-state index in [0.29, 0.717) is 25.0 Å². The first kappa shape index (κ1) is 17.6. The second kappa shape index (κ2) is 5.13. The van der Waals surface area contributed by atoms with E-state index in [1.54, 1.807) is 6.92 Å². The number of hydrogen-bond acceptors (Lipinski definition) is 7. The molecule has 0 amide bonds. The normalized spacial score (nSPS) is 55.6. The Balaban J connectivity index is 1.48. The third-order valence-electron chi connectivity index (χ3n) is 7.81. The Kier molecular flexibility index (Phi) is 3.35. The van der Waals surface area contributed by atoms with Crippen molar-refractivity contribution in [3.05, 3.63) is 12.2 Å². The van der Waals surface area contributed by atoms with Crippen molar-refractivity contribution >= 4 is 11.9 Å². The van der Waals surface area contributed by atoms with Crippen LogP contribution in [0, 0.1) is 17.3 Å². The average Bonchev–Trinajstić information content (AvgIpc) is 3.45. The molecule has 0 radical (unpaired) electrons. The molecular formula is C20H26O7. The van der Waals surface area contributed by atoms with Gasteiger partial charge in [-0.1, -0.05) is 13.5 Å². The second-order valence-corrected chi connectivity index (χ2v) is 9.33. The van der Waals surface area contributed by atoms with Crippen LogP contribution in [-0.4, -0.2) is 59.3 Å². The smallest absolute Gasteiger partial charge is 0.341 e. The Morgan fingerprint density at radius 2 is 2.04 bits per heavy atom. The number of epoxide rings is 2. The van der Waals surface area contributed by atoms with E-state index in [2.05, 4.69) is 6.58 Å². The predicted octanol–water partition coefficient (Wildman–Crippen LogP) is 1.12. The van der Waals surface area contributed by atoms with E-state index in [1.807, 2.05) is 13.8 Å². The molecule has 5 fully saturated rings. The number of aliphatic hydroxyl groups excluding tert-OH is 1. The summed E-state index contributed by atoms with van der Waals surface area (Å²) >= 11 is 0. The van der Waals surface area contributed by atoms with Gasteiger partial charge in [-0.2, -0.15) is 0 Å². The summed E-state index contributed by atoms with van der Waals surface area (Å²) in [5, 5.41) is 10.8. The quantitative estimate of drug-likeness (QED) is 0.437. The first-order valence-electron chi connectivity index (χ1n) is 9.73. The lowest BCUT2D eigenvalue weighted by Gasteiger charge is -2.56. The van der Waals surface area contributed by atoms with Crippen LogP contribution in [0.2, 0.25) is 0 Å². The van der Waals surface area contributed by atoms with Gasteiger partial charge in [0.15, 0.2) is 5.60 Å². The van der Waals surface area contributed by atoms with Crippen molar-refractivity contribution in [1.82, 2.24) is 0 Å². The molecule has 0 aromatic rings. The molecule has 0 bridgehead atoms. The van der Waals surface area contributed by atoms with E-state index in [1.165, 1.54) is 0 Å². The molecule has 0 aromatic carbocycles. The Morgan fingerprint density at radius 3 is 2.63 bits per heavy atom. The highest BCUT2D eigenvalue weighted by molar-refractivity contribution is 5.91.